The Balaban J connectivity index is 0.00000220. The van der Waals surface area contributed by atoms with Crippen LogP contribution in [0.3, 0.4) is 0 Å². The van der Waals surface area contributed by atoms with Crippen LogP contribution in [0.25, 0.3) is 11.1 Å². The summed E-state index contributed by atoms with van der Waals surface area (Å²) in [6.45, 7) is 0.906. The van der Waals surface area contributed by atoms with Crippen molar-refractivity contribution in [1.29, 1.82) is 0 Å². The van der Waals surface area contributed by atoms with Crippen LogP contribution in [0.5, 0.6) is 11.5 Å². The first-order valence-electron chi connectivity index (χ1n) is 5.71. The van der Waals surface area contributed by atoms with Gasteiger partial charge in [0.25, 0.3) is 0 Å². The molecule has 0 aliphatic carbocycles. The number of aromatic nitrogens is 2. The molecule has 0 bridgehead atoms. The molecule has 9 heteroatoms. The third-order valence-electron chi connectivity index (χ3n) is 2.51. The summed E-state index contributed by atoms with van der Waals surface area (Å²) in [5.74, 6) is -1.23. The second kappa shape index (κ2) is 6.68. The standard InChI is InChI=1S/C12H12F3N3O2.ClH/c13-12(14,15)20-11-5-8(1-2-10(11)19)9-6-17-18(7-9)4-3-16;/h1-2,5-7,19H,3-4,16H2;1H. The monoisotopic (exact) mass is 323 g/mol. The van der Waals surface area contributed by atoms with Gasteiger partial charge in [-0.2, -0.15) is 5.10 Å². The number of hydrogen-bond acceptors (Lipinski definition) is 4. The molecular formula is C12H13ClF3N3O2. The van der Waals surface area contributed by atoms with Gasteiger partial charge in [-0.05, 0) is 17.7 Å². The Hall–Kier alpha value is -1.93. The zero-order valence-corrected chi connectivity index (χ0v) is 11.5. The number of nitrogens with two attached hydrogens (primary N) is 1. The Morgan fingerprint density at radius 2 is 2.00 bits per heavy atom. The van der Waals surface area contributed by atoms with Crippen molar-refractivity contribution >= 4 is 12.4 Å². The molecule has 1 aromatic carbocycles. The second-order valence-electron chi connectivity index (χ2n) is 4.01. The lowest BCUT2D eigenvalue weighted by molar-refractivity contribution is -0.275. The largest absolute Gasteiger partial charge is 0.573 e. The Morgan fingerprint density at radius 1 is 1.29 bits per heavy atom. The minimum Gasteiger partial charge on any atom is -0.504 e. The van der Waals surface area contributed by atoms with Gasteiger partial charge < -0.3 is 15.6 Å². The molecule has 21 heavy (non-hydrogen) atoms. The molecule has 5 nitrogen and oxygen atoms in total. The molecule has 0 saturated carbocycles. The van der Waals surface area contributed by atoms with Crippen molar-refractivity contribution in [3.05, 3.63) is 30.6 Å². The molecule has 2 aromatic rings. The predicted octanol–water partition coefficient (Wildman–Crippen LogP) is 2.53. The Kier molecular flexibility index (Phi) is 5.45. The van der Waals surface area contributed by atoms with Gasteiger partial charge in [0.15, 0.2) is 11.5 Å². The van der Waals surface area contributed by atoms with Gasteiger partial charge in [0.1, 0.15) is 0 Å². The SMILES string of the molecule is Cl.NCCn1cc(-c2ccc(O)c(OC(F)(F)F)c2)cn1. The van der Waals surface area contributed by atoms with Crippen LogP contribution < -0.4 is 10.5 Å². The number of phenolic OH excluding ortho intramolecular Hbond substituents is 1. The van der Waals surface area contributed by atoms with Crippen LogP contribution in [-0.2, 0) is 6.54 Å². The fourth-order valence-corrected chi connectivity index (χ4v) is 1.67. The van der Waals surface area contributed by atoms with Crippen LogP contribution in [-0.4, -0.2) is 27.8 Å². The highest BCUT2D eigenvalue weighted by atomic mass is 35.5. The number of phenols is 1. The molecule has 0 spiro atoms. The molecule has 0 radical (unpaired) electrons. The maximum Gasteiger partial charge on any atom is 0.573 e. The summed E-state index contributed by atoms with van der Waals surface area (Å²) in [4.78, 5) is 0. The molecule has 0 aliphatic rings. The van der Waals surface area contributed by atoms with E-state index in [1.54, 1.807) is 10.9 Å². The molecule has 0 amide bonds. The van der Waals surface area contributed by atoms with Crippen LogP contribution in [0.1, 0.15) is 0 Å². The van der Waals surface area contributed by atoms with E-state index in [1.165, 1.54) is 12.3 Å². The second-order valence-corrected chi connectivity index (χ2v) is 4.01. The van der Waals surface area contributed by atoms with Crippen molar-refractivity contribution in [3.8, 4) is 22.6 Å². The van der Waals surface area contributed by atoms with Crippen molar-refractivity contribution in [2.24, 2.45) is 5.73 Å². The minimum absolute atomic E-state index is 0. The van der Waals surface area contributed by atoms with E-state index in [4.69, 9.17) is 5.73 Å². The van der Waals surface area contributed by atoms with Gasteiger partial charge in [0.2, 0.25) is 0 Å². The summed E-state index contributed by atoms with van der Waals surface area (Å²) in [6, 6.07) is 3.71. The number of rotatable bonds is 4. The third-order valence-corrected chi connectivity index (χ3v) is 2.51. The van der Waals surface area contributed by atoms with E-state index in [2.05, 4.69) is 9.84 Å². The Bertz CT molecular complexity index is 602. The van der Waals surface area contributed by atoms with Gasteiger partial charge in [0, 0.05) is 18.3 Å². The van der Waals surface area contributed by atoms with Crippen LogP contribution >= 0.6 is 12.4 Å². The van der Waals surface area contributed by atoms with E-state index in [-0.39, 0.29) is 12.4 Å². The first-order chi connectivity index (χ1) is 9.39. The lowest BCUT2D eigenvalue weighted by Gasteiger charge is -2.11. The van der Waals surface area contributed by atoms with Gasteiger partial charge in [-0.15, -0.1) is 25.6 Å². The topological polar surface area (TPSA) is 73.3 Å². The normalized spacial score (nSPS) is 11.0. The molecule has 2 rings (SSSR count). The maximum absolute atomic E-state index is 12.2. The van der Waals surface area contributed by atoms with Crippen LogP contribution in [0.15, 0.2) is 30.6 Å². The fourth-order valence-electron chi connectivity index (χ4n) is 1.67. The number of alkyl halides is 3. The molecule has 0 unspecified atom stereocenters. The Morgan fingerprint density at radius 3 is 2.62 bits per heavy atom. The van der Waals surface area contributed by atoms with Crippen LogP contribution in [0, 0.1) is 0 Å². The fraction of sp³-hybridized carbons (Fsp3) is 0.250. The van der Waals surface area contributed by atoms with Gasteiger partial charge >= 0.3 is 6.36 Å². The molecule has 3 N–H and O–H groups in total. The number of ether oxygens (including phenoxy) is 1. The van der Waals surface area contributed by atoms with Crippen molar-refractivity contribution in [3.63, 3.8) is 0 Å². The average Bonchev–Trinajstić information content (AvgIpc) is 2.79. The van der Waals surface area contributed by atoms with Gasteiger partial charge in [-0.1, -0.05) is 6.07 Å². The molecule has 0 fully saturated rings. The van der Waals surface area contributed by atoms with Crippen molar-refractivity contribution in [1.82, 2.24) is 9.78 Å². The molecule has 116 valence electrons. The highest BCUT2D eigenvalue weighted by Gasteiger charge is 2.32. The number of nitrogens with zero attached hydrogens (tertiary/aromatic N) is 2. The summed E-state index contributed by atoms with van der Waals surface area (Å²) in [5.41, 5.74) is 6.43. The number of hydrogen-bond donors (Lipinski definition) is 2. The van der Waals surface area contributed by atoms with Crippen molar-refractivity contribution < 1.29 is 23.0 Å². The summed E-state index contributed by atoms with van der Waals surface area (Å²) in [5, 5.41) is 13.4. The van der Waals surface area contributed by atoms with Crippen molar-refractivity contribution in [2.45, 2.75) is 12.9 Å². The third kappa shape index (κ3) is 4.54. The number of benzene rings is 1. The average molecular weight is 324 g/mol. The van der Waals surface area contributed by atoms with E-state index < -0.39 is 17.9 Å². The van der Waals surface area contributed by atoms with Crippen LogP contribution in [0.2, 0.25) is 0 Å². The summed E-state index contributed by atoms with van der Waals surface area (Å²) >= 11 is 0. The first kappa shape index (κ1) is 17.1. The van der Waals surface area contributed by atoms with E-state index >= 15 is 0 Å². The number of aromatic hydroxyl groups is 1. The summed E-state index contributed by atoms with van der Waals surface area (Å²) in [7, 11) is 0. The maximum atomic E-state index is 12.2. The molecule has 0 atom stereocenters. The van der Waals surface area contributed by atoms with E-state index in [9.17, 15) is 18.3 Å². The van der Waals surface area contributed by atoms with E-state index in [0.717, 1.165) is 12.1 Å². The minimum atomic E-state index is -4.86. The molecule has 0 aliphatic heterocycles. The molecule has 1 aromatic heterocycles. The van der Waals surface area contributed by atoms with Gasteiger partial charge in [-0.25, -0.2) is 0 Å². The Labute approximate surface area is 124 Å². The molecule has 1 heterocycles. The zero-order valence-electron chi connectivity index (χ0n) is 10.7. The predicted molar refractivity (Wildman–Crippen MR) is 72.3 cm³/mol. The molecule has 0 saturated heterocycles. The van der Waals surface area contributed by atoms with Gasteiger partial charge in [-0.3, -0.25) is 4.68 Å². The first-order valence-corrected chi connectivity index (χ1v) is 5.71. The van der Waals surface area contributed by atoms with E-state index in [1.807, 2.05) is 0 Å². The summed E-state index contributed by atoms with van der Waals surface area (Å²) in [6.07, 6.45) is -1.71. The van der Waals surface area contributed by atoms with Crippen LogP contribution in [0.4, 0.5) is 13.2 Å². The number of halogens is 4. The van der Waals surface area contributed by atoms with Crippen molar-refractivity contribution in [2.75, 3.05) is 6.54 Å². The lowest BCUT2D eigenvalue weighted by Crippen LogP contribution is -2.17. The smallest absolute Gasteiger partial charge is 0.504 e. The van der Waals surface area contributed by atoms with Gasteiger partial charge in [0.05, 0.1) is 12.7 Å². The van der Waals surface area contributed by atoms with E-state index in [0.29, 0.717) is 24.2 Å². The zero-order chi connectivity index (χ0) is 14.8. The highest BCUT2D eigenvalue weighted by Crippen LogP contribution is 2.35. The lowest BCUT2D eigenvalue weighted by atomic mass is 10.1. The molecular weight excluding hydrogens is 311 g/mol. The quantitative estimate of drug-likeness (QED) is 0.907. The highest BCUT2D eigenvalue weighted by molar-refractivity contribution is 5.85. The summed E-state index contributed by atoms with van der Waals surface area (Å²) < 4.78 is 41.9.